The van der Waals surface area contributed by atoms with E-state index in [9.17, 15) is 9.59 Å². The summed E-state index contributed by atoms with van der Waals surface area (Å²) in [5, 5.41) is 7.34. The van der Waals surface area contributed by atoms with Crippen molar-refractivity contribution in [2.75, 3.05) is 12.4 Å². The van der Waals surface area contributed by atoms with Crippen LogP contribution in [0.5, 0.6) is 0 Å². The van der Waals surface area contributed by atoms with E-state index >= 15 is 0 Å². The summed E-state index contributed by atoms with van der Waals surface area (Å²) in [6.07, 6.45) is 0. The highest BCUT2D eigenvalue weighted by Gasteiger charge is 2.19. The summed E-state index contributed by atoms with van der Waals surface area (Å²) in [5.41, 5.74) is 3.28. The Bertz CT molecular complexity index is 1010. The van der Waals surface area contributed by atoms with Crippen LogP contribution in [0.2, 0.25) is 0 Å². The molecule has 0 aliphatic heterocycles. The average molecular weight is 428 g/mol. The molecular weight excluding hydrogens is 410 g/mol. The lowest BCUT2D eigenvalue weighted by Gasteiger charge is -2.10. The number of methoxy groups -OCH3 is 1. The molecule has 0 unspecified atom stereocenters. The largest absolute Gasteiger partial charge is 0.465 e. The third-order valence-electron chi connectivity index (χ3n) is 4.13. The fourth-order valence-electron chi connectivity index (χ4n) is 2.85. The maximum atomic E-state index is 12.8. The van der Waals surface area contributed by atoms with Crippen molar-refractivity contribution in [2.24, 2.45) is 7.05 Å². The van der Waals surface area contributed by atoms with Crippen molar-refractivity contribution in [1.82, 2.24) is 9.78 Å². The second-order valence-corrected chi connectivity index (χ2v) is 6.88. The summed E-state index contributed by atoms with van der Waals surface area (Å²) in [6, 6.07) is 14.2. The molecule has 0 fully saturated rings. The molecular formula is C20H18BrN3O3. The standard InChI is InChI=1S/C20H18BrN3O3/c1-12-17(13-7-9-16(21)10-8-13)18(24(2)23-12)22-19(25)14-5-4-6-15(11-14)20(26)27-3/h4-11H,1-3H3,(H,22,25). The first-order chi connectivity index (χ1) is 12.9. The number of aromatic nitrogens is 2. The number of anilines is 1. The zero-order chi connectivity index (χ0) is 19.6. The van der Waals surface area contributed by atoms with E-state index < -0.39 is 5.97 Å². The van der Waals surface area contributed by atoms with Crippen LogP contribution in [-0.2, 0) is 11.8 Å². The topological polar surface area (TPSA) is 73.2 Å². The SMILES string of the molecule is COC(=O)c1cccc(C(=O)Nc2c(-c3ccc(Br)cc3)c(C)nn2C)c1. The summed E-state index contributed by atoms with van der Waals surface area (Å²) in [6.45, 7) is 1.89. The number of carbonyl (C=O) groups is 2. The van der Waals surface area contributed by atoms with Gasteiger partial charge in [0.1, 0.15) is 5.82 Å². The molecule has 1 aromatic heterocycles. The number of ether oxygens (including phenoxy) is 1. The molecule has 0 saturated carbocycles. The first-order valence-electron chi connectivity index (χ1n) is 8.20. The van der Waals surface area contributed by atoms with Gasteiger partial charge in [-0.25, -0.2) is 4.79 Å². The smallest absolute Gasteiger partial charge is 0.337 e. The van der Waals surface area contributed by atoms with Crippen molar-refractivity contribution >= 4 is 33.6 Å². The third kappa shape index (κ3) is 3.93. The molecule has 0 atom stereocenters. The van der Waals surface area contributed by atoms with E-state index in [1.807, 2.05) is 31.2 Å². The minimum absolute atomic E-state index is 0.319. The lowest BCUT2D eigenvalue weighted by Crippen LogP contribution is -2.16. The van der Waals surface area contributed by atoms with Crippen LogP contribution in [0.1, 0.15) is 26.4 Å². The molecule has 27 heavy (non-hydrogen) atoms. The zero-order valence-corrected chi connectivity index (χ0v) is 16.7. The van der Waals surface area contributed by atoms with Gasteiger partial charge in [-0.15, -0.1) is 0 Å². The Balaban J connectivity index is 1.95. The van der Waals surface area contributed by atoms with Crippen molar-refractivity contribution < 1.29 is 14.3 Å². The van der Waals surface area contributed by atoms with Crippen molar-refractivity contribution in [3.8, 4) is 11.1 Å². The van der Waals surface area contributed by atoms with E-state index in [0.717, 1.165) is 21.3 Å². The number of amides is 1. The number of aryl methyl sites for hydroxylation is 2. The van der Waals surface area contributed by atoms with Crippen LogP contribution in [0.4, 0.5) is 5.82 Å². The summed E-state index contributed by atoms with van der Waals surface area (Å²) in [4.78, 5) is 24.5. The highest BCUT2D eigenvalue weighted by Crippen LogP contribution is 2.32. The number of hydrogen-bond donors (Lipinski definition) is 1. The second kappa shape index (κ2) is 7.75. The monoisotopic (exact) mass is 427 g/mol. The third-order valence-corrected chi connectivity index (χ3v) is 4.66. The fraction of sp³-hybridized carbons (Fsp3) is 0.150. The minimum Gasteiger partial charge on any atom is -0.465 e. The van der Waals surface area contributed by atoms with E-state index in [-0.39, 0.29) is 5.91 Å². The maximum Gasteiger partial charge on any atom is 0.337 e. The quantitative estimate of drug-likeness (QED) is 0.633. The van der Waals surface area contributed by atoms with Crippen LogP contribution in [0.3, 0.4) is 0 Å². The Morgan fingerprint density at radius 1 is 1.11 bits per heavy atom. The average Bonchev–Trinajstić information content (AvgIpc) is 2.95. The Morgan fingerprint density at radius 3 is 2.44 bits per heavy atom. The van der Waals surface area contributed by atoms with E-state index in [1.165, 1.54) is 13.2 Å². The first kappa shape index (κ1) is 18.8. The number of rotatable bonds is 4. The van der Waals surface area contributed by atoms with Crippen LogP contribution in [0, 0.1) is 6.92 Å². The van der Waals surface area contributed by atoms with Crippen molar-refractivity contribution in [1.29, 1.82) is 0 Å². The van der Waals surface area contributed by atoms with Gasteiger partial charge < -0.3 is 10.1 Å². The number of carbonyl (C=O) groups excluding carboxylic acids is 2. The molecule has 3 aromatic rings. The van der Waals surface area contributed by atoms with Gasteiger partial charge in [0.2, 0.25) is 0 Å². The number of hydrogen-bond acceptors (Lipinski definition) is 4. The number of nitrogens with one attached hydrogen (secondary N) is 1. The molecule has 6 nitrogen and oxygen atoms in total. The predicted octanol–water partition coefficient (Wildman–Crippen LogP) is 4.20. The van der Waals surface area contributed by atoms with Gasteiger partial charge in [-0.05, 0) is 42.8 Å². The lowest BCUT2D eigenvalue weighted by atomic mass is 10.1. The lowest BCUT2D eigenvalue weighted by molar-refractivity contribution is 0.0600. The molecule has 138 valence electrons. The highest BCUT2D eigenvalue weighted by atomic mass is 79.9. The van der Waals surface area contributed by atoms with Crippen LogP contribution in [-0.4, -0.2) is 28.8 Å². The van der Waals surface area contributed by atoms with Crippen LogP contribution in [0.15, 0.2) is 53.0 Å². The Kier molecular flexibility index (Phi) is 5.41. The molecule has 1 amide bonds. The molecule has 1 N–H and O–H groups in total. The zero-order valence-electron chi connectivity index (χ0n) is 15.1. The van der Waals surface area contributed by atoms with Crippen molar-refractivity contribution in [2.45, 2.75) is 6.92 Å². The van der Waals surface area contributed by atoms with Gasteiger partial charge in [0.05, 0.1) is 18.4 Å². The van der Waals surface area contributed by atoms with Crippen LogP contribution >= 0.6 is 15.9 Å². The van der Waals surface area contributed by atoms with E-state index in [4.69, 9.17) is 4.74 Å². The molecule has 7 heteroatoms. The molecule has 0 bridgehead atoms. The summed E-state index contributed by atoms with van der Waals surface area (Å²) in [5.74, 6) is -0.234. The minimum atomic E-state index is -0.489. The molecule has 1 heterocycles. The van der Waals surface area contributed by atoms with Crippen LogP contribution < -0.4 is 5.32 Å². The fourth-order valence-corrected chi connectivity index (χ4v) is 3.11. The van der Waals surface area contributed by atoms with Gasteiger partial charge in [0.25, 0.3) is 5.91 Å². The maximum absolute atomic E-state index is 12.8. The molecule has 0 saturated heterocycles. The first-order valence-corrected chi connectivity index (χ1v) is 8.99. The number of nitrogens with zero attached hydrogens (tertiary/aromatic N) is 2. The van der Waals surface area contributed by atoms with Crippen molar-refractivity contribution in [3.63, 3.8) is 0 Å². The van der Waals surface area contributed by atoms with Crippen molar-refractivity contribution in [3.05, 3.63) is 69.8 Å². The summed E-state index contributed by atoms with van der Waals surface area (Å²) >= 11 is 3.43. The normalized spacial score (nSPS) is 10.5. The van der Waals surface area contributed by atoms with Gasteiger partial charge >= 0.3 is 5.97 Å². The van der Waals surface area contributed by atoms with Gasteiger partial charge in [-0.3, -0.25) is 9.48 Å². The van der Waals surface area contributed by atoms with Gasteiger partial charge in [0, 0.05) is 22.6 Å². The number of benzene rings is 2. The molecule has 0 aliphatic carbocycles. The predicted molar refractivity (Wildman–Crippen MR) is 107 cm³/mol. The van der Waals surface area contributed by atoms with Gasteiger partial charge in [-0.2, -0.15) is 5.10 Å². The number of esters is 1. The molecule has 2 aromatic carbocycles. The summed E-state index contributed by atoms with van der Waals surface area (Å²) < 4.78 is 7.31. The van der Waals surface area contributed by atoms with Gasteiger partial charge in [0.15, 0.2) is 0 Å². The van der Waals surface area contributed by atoms with E-state index in [0.29, 0.717) is 16.9 Å². The Labute approximate surface area is 165 Å². The Hall–Kier alpha value is -2.93. The molecule has 0 spiro atoms. The highest BCUT2D eigenvalue weighted by molar-refractivity contribution is 9.10. The van der Waals surface area contributed by atoms with Crippen LogP contribution in [0.25, 0.3) is 11.1 Å². The van der Waals surface area contributed by atoms with Gasteiger partial charge in [-0.1, -0.05) is 34.1 Å². The van der Waals surface area contributed by atoms with E-state index in [2.05, 4.69) is 26.3 Å². The molecule has 0 radical (unpaired) electrons. The summed E-state index contributed by atoms with van der Waals surface area (Å²) in [7, 11) is 3.08. The second-order valence-electron chi connectivity index (χ2n) is 5.97. The molecule has 0 aliphatic rings. The Morgan fingerprint density at radius 2 is 1.78 bits per heavy atom. The van der Waals surface area contributed by atoms with E-state index in [1.54, 1.807) is 29.9 Å². The number of halogens is 1. The molecule has 3 rings (SSSR count).